The molecule has 1 saturated heterocycles. The molecule has 7 nitrogen and oxygen atoms in total. The van der Waals surface area contributed by atoms with Gasteiger partial charge in [0.2, 0.25) is 0 Å². The standard InChI is InChI=1S/C23H26N4O3S/c1-15-5-4-12-27(14-15)23(28)20-13-24-22-19(11-6-16(2)25-22)21(20)26-17-7-9-18(10-8-17)31(3,29)30/h6-11,13,15H,4-5,12,14H2,1-3H3,(H,24,25,26)/t15-/m1/s1. The Morgan fingerprint density at radius 2 is 1.90 bits per heavy atom. The Morgan fingerprint density at radius 1 is 1.16 bits per heavy atom. The van der Waals surface area contributed by atoms with Crippen LogP contribution in [0.5, 0.6) is 0 Å². The third kappa shape index (κ3) is 4.54. The Labute approximate surface area is 182 Å². The molecule has 0 radical (unpaired) electrons. The highest BCUT2D eigenvalue weighted by atomic mass is 32.2. The minimum atomic E-state index is -3.28. The van der Waals surface area contributed by atoms with Crippen molar-refractivity contribution >= 4 is 38.2 Å². The summed E-state index contributed by atoms with van der Waals surface area (Å²) in [7, 11) is -3.28. The first-order valence-electron chi connectivity index (χ1n) is 10.3. The summed E-state index contributed by atoms with van der Waals surface area (Å²) in [4.78, 5) is 24.5. The SMILES string of the molecule is Cc1ccc2c(Nc3ccc(S(C)(=O)=O)cc3)c(C(=O)N3CCC[C@@H](C)C3)cnc2n1. The number of fused-ring (bicyclic) bond motifs is 1. The Kier molecular flexibility index (Phi) is 5.66. The zero-order valence-corrected chi connectivity index (χ0v) is 18.7. The van der Waals surface area contributed by atoms with Crippen molar-refractivity contribution in [2.45, 2.75) is 31.6 Å². The van der Waals surface area contributed by atoms with Gasteiger partial charge in [-0.05, 0) is 62.1 Å². The fourth-order valence-corrected chi connectivity index (χ4v) is 4.57. The number of carbonyl (C=O) groups excluding carboxylic acids is 1. The lowest BCUT2D eigenvalue weighted by Crippen LogP contribution is -2.39. The van der Waals surface area contributed by atoms with Crippen LogP contribution in [0.1, 0.15) is 35.8 Å². The van der Waals surface area contributed by atoms with Gasteiger partial charge in [-0.1, -0.05) is 6.92 Å². The van der Waals surface area contributed by atoms with Crippen LogP contribution in [-0.2, 0) is 9.84 Å². The number of carbonyl (C=O) groups is 1. The van der Waals surface area contributed by atoms with E-state index in [-0.39, 0.29) is 10.8 Å². The summed E-state index contributed by atoms with van der Waals surface area (Å²) in [5, 5.41) is 4.07. The molecule has 3 heterocycles. The minimum absolute atomic E-state index is 0.0585. The number of hydrogen-bond donors (Lipinski definition) is 1. The van der Waals surface area contributed by atoms with Crippen LogP contribution in [-0.4, -0.2) is 48.5 Å². The summed E-state index contributed by atoms with van der Waals surface area (Å²) < 4.78 is 23.5. The molecular weight excluding hydrogens is 412 g/mol. The van der Waals surface area contributed by atoms with E-state index in [0.29, 0.717) is 28.5 Å². The third-order valence-corrected chi connectivity index (χ3v) is 6.72. The largest absolute Gasteiger partial charge is 0.354 e. The number of likely N-dealkylation sites (tertiary alicyclic amines) is 1. The van der Waals surface area contributed by atoms with E-state index in [1.54, 1.807) is 30.5 Å². The highest BCUT2D eigenvalue weighted by Crippen LogP contribution is 2.31. The first-order valence-corrected chi connectivity index (χ1v) is 12.2. The molecule has 0 spiro atoms. The number of benzene rings is 1. The molecule has 8 heteroatoms. The van der Waals surface area contributed by atoms with Gasteiger partial charge in [0.15, 0.2) is 15.5 Å². The van der Waals surface area contributed by atoms with E-state index < -0.39 is 9.84 Å². The molecule has 162 valence electrons. The summed E-state index contributed by atoms with van der Waals surface area (Å²) in [6, 6.07) is 10.3. The van der Waals surface area contributed by atoms with Crippen molar-refractivity contribution < 1.29 is 13.2 Å². The second kappa shape index (κ2) is 8.26. The van der Waals surface area contributed by atoms with Gasteiger partial charge in [0.05, 0.1) is 16.1 Å². The molecule has 1 aliphatic rings. The molecule has 1 amide bonds. The van der Waals surface area contributed by atoms with Crippen LogP contribution in [0.15, 0.2) is 47.5 Å². The third-order valence-electron chi connectivity index (χ3n) is 5.60. The van der Waals surface area contributed by atoms with Gasteiger partial charge < -0.3 is 10.2 Å². The Morgan fingerprint density at radius 3 is 2.58 bits per heavy atom. The molecule has 0 unspecified atom stereocenters. The minimum Gasteiger partial charge on any atom is -0.354 e. The van der Waals surface area contributed by atoms with E-state index in [0.717, 1.165) is 37.0 Å². The lowest BCUT2D eigenvalue weighted by Gasteiger charge is -2.31. The zero-order valence-electron chi connectivity index (χ0n) is 17.9. The van der Waals surface area contributed by atoms with Gasteiger partial charge >= 0.3 is 0 Å². The van der Waals surface area contributed by atoms with Crippen molar-refractivity contribution in [3.05, 3.63) is 53.9 Å². The summed E-state index contributed by atoms with van der Waals surface area (Å²) >= 11 is 0. The van der Waals surface area contributed by atoms with Crippen LogP contribution in [0.2, 0.25) is 0 Å². The molecule has 1 atom stereocenters. The van der Waals surface area contributed by atoms with E-state index in [9.17, 15) is 13.2 Å². The number of anilines is 2. The van der Waals surface area contributed by atoms with Crippen molar-refractivity contribution in [1.29, 1.82) is 0 Å². The number of pyridine rings is 2. The van der Waals surface area contributed by atoms with Crippen molar-refractivity contribution in [1.82, 2.24) is 14.9 Å². The first kappa shape index (κ1) is 21.2. The number of amides is 1. The van der Waals surface area contributed by atoms with E-state index in [1.165, 1.54) is 6.26 Å². The van der Waals surface area contributed by atoms with Gasteiger partial charge in [-0.25, -0.2) is 18.4 Å². The molecule has 4 rings (SSSR count). The van der Waals surface area contributed by atoms with E-state index in [1.807, 2.05) is 24.0 Å². The van der Waals surface area contributed by atoms with Crippen molar-refractivity contribution in [2.75, 3.05) is 24.7 Å². The number of nitrogens with zero attached hydrogens (tertiary/aromatic N) is 3. The molecule has 1 aliphatic heterocycles. The number of sulfone groups is 1. The Balaban J connectivity index is 1.77. The lowest BCUT2D eigenvalue weighted by molar-refractivity contribution is 0.0684. The van der Waals surface area contributed by atoms with Crippen LogP contribution >= 0.6 is 0 Å². The van der Waals surface area contributed by atoms with Crippen molar-refractivity contribution in [3.8, 4) is 0 Å². The normalized spacial score (nSPS) is 17.0. The van der Waals surface area contributed by atoms with Gasteiger partial charge in [0.25, 0.3) is 5.91 Å². The number of aromatic nitrogens is 2. The number of hydrogen-bond acceptors (Lipinski definition) is 6. The molecular formula is C23H26N4O3S. The summed E-state index contributed by atoms with van der Waals surface area (Å²) in [6.45, 7) is 5.51. The molecule has 0 aliphatic carbocycles. The van der Waals surface area contributed by atoms with Crippen LogP contribution in [0.25, 0.3) is 11.0 Å². The molecule has 31 heavy (non-hydrogen) atoms. The maximum atomic E-state index is 13.4. The van der Waals surface area contributed by atoms with Gasteiger partial charge in [-0.3, -0.25) is 4.79 Å². The van der Waals surface area contributed by atoms with Crippen LogP contribution < -0.4 is 5.32 Å². The molecule has 3 aromatic rings. The van der Waals surface area contributed by atoms with E-state index in [4.69, 9.17) is 0 Å². The summed E-state index contributed by atoms with van der Waals surface area (Å²) in [6.07, 6.45) is 4.88. The smallest absolute Gasteiger partial charge is 0.257 e. The maximum absolute atomic E-state index is 13.4. The monoisotopic (exact) mass is 438 g/mol. The first-order chi connectivity index (χ1) is 14.7. The van der Waals surface area contributed by atoms with Crippen LogP contribution in [0.3, 0.4) is 0 Å². The highest BCUT2D eigenvalue weighted by Gasteiger charge is 2.25. The second-order valence-corrected chi connectivity index (χ2v) is 10.3. The molecule has 0 bridgehead atoms. The predicted molar refractivity (Wildman–Crippen MR) is 121 cm³/mol. The fraction of sp³-hybridized carbons (Fsp3) is 0.348. The van der Waals surface area contributed by atoms with E-state index >= 15 is 0 Å². The molecule has 1 N–H and O–H groups in total. The number of aryl methyl sites for hydroxylation is 1. The quantitative estimate of drug-likeness (QED) is 0.663. The number of piperidine rings is 1. The summed E-state index contributed by atoms with van der Waals surface area (Å²) in [5.74, 6) is 0.409. The van der Waals surface area contributed by atoms with Crippen LogP contribution in [0.4, 0.5) is 11.4 Å². The maximum Gasteiger partial charge on any atom is 0.257 e. The molecule has 0 saturated carbocycles. The predicted octanol–water partition coefficient (Wildman–Crippen LogP) is 3.96. The second-order valence-electron chi connectivity index (χ2n) is 8.29. The average molecular weight is 439 g/mol. The van der Waals surface area contributed by atoms with Gasteiger partial charge in [0, 0.05) is 42.3 Å². The van der Waals surface area contributed by atoms with Crippen molar-refractivity contribution in [2.24, 2.45) is 5.92 Å². The molecule has 1 aromatic carbocycles. The number of nitrogens with one attached hydrogen (secondary N) is 1. The summed E-state index contributed by atoms with van der Waals surface area (Å²) in [5.41, 5.74) is 3.19. The van der Waals surface area contributed by atoms with Gasteiger partial charge in [0.1, 0.15) is 0 Å². The van der Waals surface area contributed by atoms with Gasteiger partial charge in [-0.15, -0.1) is 0 Å². The Bertz CT molecular complexity index is 1240. The zero-order chi connectivity index (χ0) is 22.2. The van der Waals surface area contributed by atoms with Gasteiger partial charge in [-0.2, -0.15) is 0 Å². The average Bonchev–Trinajstić information content (AvgIpc) is 2.73. The number of rotatable bonds is 4. The molecule has 2 aromatic heterocycles. The topological polar surface area (TPSA) is 92.3 Å². The van der Waals surface area contributed by atoms with Crippen LogP contribution in [0, 0.1) is 12.8 Å². The molecule has 1 fully saturated rings. The highest BCUT2D eigenvalue weighted by molar-refractivity contribution is 7.90. The lowest BCUT2D eigenvalue weighted by atomic mass is 9.99. The van der Waals surface area contributed by atoms with Crippen molar-refractivity contribution in [3.63, 3.8) is 0 Å². The fourth-order valence-electron chi connectivity index (χ4n) is 3.94. The Hall–Kier alpha value is -3.00. The van der Waals surface area contributed by atoms with E-state index in [2.05, 4.69) is 22.2 Å².